The van der Waals surface area contributed by atoms with Gasteiger partial charge in [-0.1, -0.05) is 0 Å². The quantitative estimate of drug-likeness (QED) is 0.754. The standard InChI is InChI=1S/C15H22N6O2/c1-20(7-3-5-16)15(22)12-21-8-9-23-13(11-21)10-17-14-4-2-6-18-19-14/h2,4,6,13H,3,7-12H2,1H3,(H,17,19). The molecule has 1 unspecified atom stereocenters. The summed E-state index contributed by atoms with van der Waals surface area (Å²) in [6, 6.07) is 5.72. The molecule has 1 aromatic heterocycles. The Bertz CT molecular complexity index is 533. The van der Waals surface area contributed by atoms with Gasteiger partial charge in [0.15, 0.2) is 0 Å². The molecule has 0 spiro atoms. The van der Waals surface area contributed by atoms with Gasteiger partial charge in [-0.2, -0.15) is 10.4 Å². The molecule has 23 heavy (non-hydrogen) atoms. The molecule has 1 fully saturated rings. The number of ether oxygens (including phenoxy) is 1. The lowest BCUT2D eigenvalue weighted by molar-refractivity contribution is -0.132. The number of carbonyl (C=O) groups excluding carboxylic acids is 1. The van der Waals surface area contributed by atoms with Gasteiger partial charge in [0, 0.05) is 39.4 Å². The number of nitriles is 1. The molecule has 1 atom stereocenters. The van der Waals surface area contributed by atoms with Crippen molar-refractivity contribution in [3.63, 3.8) is 0 Å². The molecule has 2 rings (SSSR count). The van der Waals surface area contributed by atoms with Crippen molar-refractivity contribution in [1.29, 1.82) is 5.26 Å². The summed E-state index contributed by atoms with van der Waals surface area (Å²) in [4.78, 5) is 15.8. The topological polar surface area (TPSA) is 94.4 Å². The first-order valence-electron chi connectivity index (χ1n) is 7.65. The summed E-state index contributed by atoms with van der Waals surface area (Å²) in [7, 11) is 1.73. The highest BCUT2D eigenvalue weighted by atomic mass is 16.5. The molecule has 0 saturated carbocycles. The molecule has 8 heteroatoms. The van der Waals surface area contributed by atoms with Crippen LogP contribution in [0.15, 0.2) is 18.3 Å². The molecular weight excluding hydrogens is 296 g/mol. The first kappa shape index (κ1) is 17.1. The summed E-state index contributed by atoms with van der Waals surface area (Å²) in [5.74, 6) is 0.739. The molecule has 2 heterocycles. The smallest absolute Gasteiger partial charge is 0.236 e. The Morgan fingerprint density at radius 2 is 2.52 bits per heavy atom. The third-order valence-electron chi connectivity index (χ3n) is 3.65. The summed E-state index contributed by atoms with van der Waals surface area (Å²) >= 11 is 0. The monoisotopic (exact) mass is 318 g/mol. The first-order valence-corrected chi connectivity index (χ1v) is 7.65. The molecule has 1 saturated heterocycles. The number of amides is 1. The Labute approximate surface area is 136 Å². The van der Waals surface area contributed by atoms with Crippen LogP contribution in [-0.4, -0.2) is 78.4 Å². The highest BCUT2D eigenvalue weighted by molar-refractivity contribution is 5.78. The van der Waals surface area contributed by atoms with Crippen LogP contribution in [0.3, 0.4) is 0 Å². The van der Waals surface area contributed by atoms with Gasteiger partial charge in [-0.3, -0.25) is 9.69 Å². The van der Waals surface area contributed by atoms with E-state index < -0.39 is 0 Å². The van der Waals surface area contributed by atoms with E-state index in [-0.39, 0.29) is 12.0 Å². The molecule has 1 aliphatic heterocycles. The van der Waals surface area contributed by atoms with E-state index in [1.54, 1.807) is 18.1 Å². The minimum atomic E-state index is 0.00275. The largest absolute Gasteiger partial charge is 0.374 e. The minimum absolute atomic E-state index is 0.00275. The number of anilines is 1. The van der Waals surface area contributed by atoms with Crippen LogP contribution >= 0.6 is 0 Å². The minimum Gasteiger partial charge on any atom is -0.374 e. The molecule has 0 bridgehead atoms. The van der Waals surface area contributed by atoms with Gasteiger partial charge in [0.05, 0.1) is 31.7 Å². The van der Waals surface area contributed by atoms with E-state index >= 15 is 0 Å². The van der Waals surface area contributed by atoms with Crippen molar-refractivity contribution in [2.75, 3.05) is 51.7 Å². The highest BCUT2D eigenvalue weighted by Crippen LogP contribution is 2.07. The highest BCUT2D eigenvalue weighted by Gasteiger charge is 2.23. The van der Waals surface area contributed by atoms with Crippen molar-refractivity contribution in [3.05, 3.63) is 18.3 Å². The number of morpholine rings is 1. The second kappa shape index (κ2) is 9.02. The molecule has 0 radical (unpaired) electrons. The predicted octanol–water partition coefficient (Wildman–Crippen LogP) is -0.0386. The molecule has 0 aliphatic carbocycles. The van der Waals surface area contributed by atoms with Crippen LogP contribution in [0.4, 0.5) is 5.82 Å². The Hall–Kier alpha value is -2.24. The van der Waals surface area contributed by atoms with Crippen molar-refractivity contribution >= 4 is 11.7 Å². The van der Waals surface area contributed by atoms with Crippen LogP contribution < -0.4 is 5.32 Å². The predicted molar refractivity (Wildman–Crippen MR) is 84.6 cm³/mol. The van der Waals surface area contributed by atoms with Gasteiger partial charge in [-0.25, -0.2) is 0 Å². The van der Waals surface area contributed by atoms with Crippen molar-refractivity contribution in [3.8, 4) is 6.07 Å². The van der Waals surface area contributed by atoms with E-state index in [1.165, 1.54) is 0 Å². The zero-order valence-electron chi connectivity index (χ0n) is 13.3. The number of nitrogens with one attached hydrogen (secondary N) is 1. The van der Waals surface area contributed by atoms with E-state index in [2.05, 4.69) is 20.4 Å². The van der Waals surface area contributed by atoms with Crippen molar-refractivity contribution in [1.82, 2.24) is 20.0 Å². The maximum atomic E-state index is 12.1. The lowest BCUT2D eigenvalue weighted by Gasteiger charge is -2.33. The Morgan fingerprint density at radius 3 is 3.26 bits per heavy atom. The maximum absolute atomic E-state index is 12.1. The average Bonchev–Trinajstić information content (AvgIpc) is 2.59. The number of rotatable bonds is 7. The van der Waals surface area contributed by atoms with Gasteiger partial charge in [-0.15, -0.1) is 5.10 Å². The zero-order valence-corrected chi connectivity index (χ0v) is 13.3. The van der Waals surface area contributed by atoms with Crippen LogP contribution in [-0.2, 0) is 9.53 Å². The summed E-state index contributed by atoms with van der Waals surface area (Å²) in [5.41, 5.74) is 0. The van der Waals surface area contributed by atoms with Gasteiger partial charge >= 0.3 is 0 Å². The molecule has 1 N–H and O–H groups in total. The van der Waals surface area contributed by atoms with Crippen LogP contribution in [0.2, 0.25) is 0 Å². The van der Waals surface area contributed by atoms with Gasteiger partial charge in [0.1, 0.15) is 5.82 Å². The average molecular weight is 318 g/mol. The van der Waals surface area contributed by atoms with Gasteiger partial charge in [0.25, 0.3) is 0 Å². The lowest BCUT2D eigenvalue weighted by atomic mass is 10.2. The lowest BCUT2D eigenvalue weighted by Crippen LogP contribution is -2.49. The van der Waals surface area contributed by atoms with Gasteiger partial charge in [0.2, 0.25) is 5.91 Å². The third kappa shape index (κ3) is 5.81. The maximum Gasteiger partial charge on any atom is 0.236 e. The number of carbonyl (C=O) groups is 1. The molecule has 1 aliphatic rings. The number of hydrogen-bond acceptors (Lipinski definition) is 7. The van der Waals surface area contributed by atoms with E-state index in [4.69, 9.17) is 10.00 Å². The third-order valence-corrected chi connectivity index (χ3v) is 3.65. The molecule has 1 aromatic rings. The number of likely N-dealkylation sites (N-methyl/N-ethyl adjacent to an activating group) is 1. The van der Waals surface area contributed by atoms with E-state index in [0.29, 0.717) is 45.0 Å². The first-order chi connectivity index (χ1) is 11.2. The molecule has 0 aromatic carbocycles. The fourth-order valence-electron chi connectivity index (χ4n) is 2.32. The second-order valence-electron chi connectivity index (χ2n) is 5.44. The van der Waals surface area contributed by atoms with Crippen molar-refractivity contribution in [2.24, 2.45) is 0 Å². The normalized spacial score (nSPS) is 18.2. The van der Waals surface area contributed by atoms with Crippen LogP contribution in [0.25, 0.3) is 0 Å². The number of nitrogens with zero attached hydrogens (tertiary/aromatic N) is 5. The van der Waals surface area contributed by atoms with Crippen LogP contribution in [0.5, 0.6) is 0 Å². The second-order valence-corrected chi connectivity index (χ2v) is 5.44. The number of aromatic nitrogens is 2. The Morgan fingerprint density at radius 1 is 1.65 bits per heavy atom. The molecule has 1 amide bonds. The van der Waals surface area contributed by atoms with Crippen LogP contribution in [0, 0.1) is 11.3 Å². The zero-order chi connectivity index (χ0) is 16.5. The van der Waals surface area contributed by atoms with Gasteiger partial charge < -0.3 is 15.0 Å². The molecular formula is C15H22N6O2. The Balaban J connectivity index is 1.74. The van der Waals surface area contributed by atoms with E-state index in [1.807, 2.05) is 18.2 Å². The number of hydrogen-bond donors (Lipinski definition) is 1. The molecule has 8 nitrogen and oxygen atoms in total. The summed E-state index contributed by atoms with van der Waals surface area (Å²) in [6.45, 7) is 3.46. The Kier molecular flexibility index (Phi) is 6.72. The van der Waals surface area contributed by atoms with Crippen LogP contribution in [0.1, 0.15) is 6.42 Å². The fourth-order valence-corrected chi connectivity index (χ4v) is 2.32. The van der Waals surface area contributed by atoms with E-state index in [9.17, 15) is 4.79 Å². The fraction of sp³-hybridized carbons (Fsp3) is 0.600. The summed E-state index contributed by atoms with van der Waals surface area (Å²) < 4.78 is 5.72. The molecule has 124 valence electrons. The van der Waals surface area contributed by atoms with E-state index in [0.717, 1.165) is 6.54 Å². The summed E-state index contributed by atoms with van der Waals surface area (Å²) in [6.07, 6.45) is 1.98. The van der Waals surface area contributed by atoms with Crippen molar-refractivity contribution < 1.29 is 9.53 Å². The van der Waals surface area contributed by atoms with Gasteiger partial charge in [-0.05, 0) is 12.1 Å². The summed E-state index contributed by atoms with van der Waals surface area (Å²) in [5, 5.41) is 19.5. The van der Waals surface area contributed by atoms with Crippen molar-refractivity contribution in [2.45, 2.75) is 12.5 Å². The SMILES string of the molecule is CN(CCC#N)C(=O)CN1CCOC(CNc2cccnn2)C1.